The first-order valence-corrected chi connectivity index (χ1v) is 19.9. The van der Waals surface area contributed by atoms with Crippen LogP contribution >= 0.6 is 0 Å². The molecular weight excluding hydrogens is 740 g/mol. The molecule has 306 valence electrons. The number of esters is 2. The van der Waals surface area contributed by atoms with Crippen molar-refractivity contribution in [2.24, 2.45) is 10.9 Å². The van der Waals surface area contributed by atoms with Crippen molar-refractivity contribution >= 4 is 51.9 Å². The highest BCUT2D eigenvalue weighted by Crippen LogP contribution is 2.22. The predicted molar refractivity (Wildman–Crippen MR) is 199 cm³/mol. The molecule has 0 bridgehead atoms. The highest BCUT2D eigenvalue weighted by atomic mass is 32.2. The first-order chi connectivity index (χ1) is 25.6. The summed E-state index contributed by atoms with van der Waals surface area (Å²) in [4.78, 5) is 82.6. The van der Waals surface area contributed by atoms with Crippen molar-refractivity contribution in [1.82, 2.24) is 25.2 Å². The number of benzene rings is 1. The molecule has 1 aromatic rings. The maximum atomic E-state index is 13.7. The van der Waals surface area contributed by atoms with Crippen molar-refractivity contribution in [3.63, 3.8) is 0 Å². The molecule has 2 aliphatic rings. The average molecular weight is 795 g/mol. The molecule has 2 aliphatic heterocycles. The molecule has 2 atom stereocenters. The van der Waals surface area contributed by atoms with Crippen LogP contribution in [0.15, 0.2) is 35.3 Å². The molecule has 1 aromatic carbocycles. The van der Waals surface area contributed by atoms with Crippen LogP contribution in [0, 0.1) is 5.92 Å². The molecular formula is C36H54N6O12S. The number of likely N-dealkylation sites (tertiary alicyclic amines) is 2. The Kier molecular flexibility index (Phi) is 16.0. The summed E-state index contributed by atoms with van der Waals surface area (Å²) in [6.07, 6.45) is 1.14. The minimum absolute atomic E-state index is 0.00559. The van der Waals surface area contributed by atoms with Crippen molar-refractivity contribution in [1.29, 1.82) is 0 Å². The second-order valence-electron chi connectivity index (χ2n) is 14.9. The second kappa shape index (κ2) is 19.7. The molecule has 0 unspecified atom stereocenters. The standard InChI is InChI=1S/C36H54N6O12S/c1-24(43)51-22-35(3,4)53-33(47)38-32(39-34(48)54-36(5,6)23-52-25(2)44)41-18-15-27(16-19-41)21-37-30(45)29-14-11-17-42(29)31(46)28(40-55(7,49)50)20-26-12-9-8-10-13-26/h8-10,12-13,27-29,40H,11,14-23H2,1-7H3,(H,37,45)(H,38,39,47,48)/t28-,29+/m1/s1. The summed E-state index contributed by atoms with van der Waals surface area (Å²) in [6.45, 7) is 9.35. The molecule has 0 spiro atoms. The van der Waals surface area contributed by atoms with Gasteiger partial charge in [-0.1, -0.05) is 30.3 Å². The number of carbonyl (C=O) groups excluding carboxylic acids is 6. The number of nitrogens with one attached hydrogen (secondary N) is 3. The Balaban J connectivity index is 1.64. The smallest absolute Gasteiger partial charge is 0.437 e. The minimum atomic E-state index is -3.73. The summed E-state index contributed by atoms with van der Waals surface area (Å²) in [6, 6.07) is 7.19. The molecule has 18 nitrogen and oxygen atoms in total. The number of guanidine groups is 1. The van der Waals surface area contributed by atoms with Gasteiger partial charge in [0.25, 0.3) is 0 Å². The summed E-state index contributed by atoms with van der Waals surface area (Å²) in [5.74, 6) is -2.09. The molecule has 0 saturated carbocycles. The van der Waals surface area contributed by atoms with Gasteiger partial charge in [-0.05, 0) is 71.3 Å². The Morgan fingerprint density at radius 3 is 2.02 bits per heavy atom. The summed E-state index contributed by atoms with van der Waals surface area (Å²) < 4.78 is 47.5. The molecule has 55 heavy (non-hydrogen) atoms. The number of hydrogen-bond acceptors (Lipinski definition) is 12. The van der Waals surface area contributed by atoms with E-state index in [1.807, 2.05) is 6.07 Å². The topological polar surface area (TPSA) is 228 Å². The van der Waals surface area contributed by atoms with Crippen LogP contribution in [-0.4, -0.2) is 129 Å². The summed E-state index contributed by atoms with van der Waals surface area (Å²) >= 11 is 0. The van der Waals surface area contributed by atoms with E-state index in [2.05, 4.69) is 20.3 Å². The maximum Gasteiger partial charge on any atom is 0.437 e. The third-order valence-electron chi connectivity index (χ3n) is 8.64. The van der Waals surface area contributed by atoms with Crippen LogP contribution in [0.25, 0.3) is 0 Å². The van der Waals surface area contributed by atoms with E-state index >= 15 is 0 Å². The van der Waals surface area contributed by atoms with E-state index in [1.165, 1.54) is 46.4 Å². The molecule has 4 amide bonds. The number of sulfonamides is 1. The SMILES string of the molecule is CC(=O)OCC(C)(C)OC(=O)N=C(NC(=O)OC(C)(C)COC(C)=O)N1CCC(CNC(=O)[C@@H]2CCCN2C(=O)[C@@H](Cc2ccccc2)NS(C)(=O)=O)CC1. The van der Waals surface area contributed by atoms with Crippen molar-refractivity contribution in [3.05, 3.63) is 35.9 Å². The van der Waals surface area contributed by atoms with Gasteiger partial charge < -0.3 is 34.1 Å². The average Bonchev–Trinajstić information content (AvgIpc) is 3.58. The van der Waals surface area contributed by atoms with Gasteiger partial charge in [-0.25, -0.2) is 22.7 Å². The van der Waals surface area contributed by atoms with Gasteiger partial charge in [-0.3, -0.25) is 24.5 Å². The first kappa shape index (κ1) is 44.6. The van der Waals surface area contributed by atoms with E-state index in [4.69, 9.17) is 18.9 Å². The van der Waals surface area contributed by atoms with Crippen LogP contribution in [0.1, 0.15) is 72.8 Å². The lowest BCUT2D eigenvalue weighted by Gasteiger charge is -2.35. The van der Waals surface area contributed by atoms with Crippen LogP contribution < -0.4 is 15.4 Å². The third-order valence-corrected chi connectivity index (χ3v) is 9.36. The number of aliphatic imine (C=N–C) groups is 1. The van der Waals surface area contributed by atoms with Crippen LogP contribution in [0.4, 0.5) is 9.59 Å². The van der Waals surface area contributed by atoms with Crippen LogP contribution in [0.3, 0.4) is 0 Å². The fourth-order valence-electron chi connectivity index (χ4n) is 6.00. The number of hydrogen-bond donors (Lipinski definition) is 3. The number of rotatable bonds is 14. The number of alkyl carbamates (subject to hydrolysis) is 1. The Labute approximate surface area is 322 Å². The van der Waals surface area contributed by atoms with E-state index in [-0.39, 0.29) is 37.4 Å². The maximum absolute atomic E-state index is 13.7. The summed E-state index contributed by atoms with van der Waals surface area (Å²) in [5, 5.41) is 5.45. The number of piperidine rings is 1. The van der Waals surface area contributed by atoms with Crippen LogP contribution in [-0.2, 0) is 54.6 Å². The predicted octanol–water partition coefficient (Wildman–Crippen LogP) is 1.87. The van der Waals surface area contributed by atoms with Crippen molar-refractivity contribution in [2.75, 3.05) is 45.6 Å². The lowest BCUT2D eigenvalue weighted by atomic mass is 9.96. The zero-order valence-electron chi connectivity index (χ0n) is 32.5. The van der Waals surface area contributed by atoms with Gasteiger partial charge in [0.15, 0.2) is 0 Å². The summed E-state index contributed by atoms with van der Waals surface area (Å²) in [5.41, 5.74) is -1.68. The molecule has 0 radical (unpaired) electrons. The van der Waals surface area contributed by atoms with Gasteiger partial charge in [0.1, 0.15) is 36.5 Å². The van der Waals surface area contributed by atoms with Crippen molar-refractivity contribution in [2.45, 2.75) is 96.9 Å². The van der Waals surface area contributed by atoms with Gasteiger partial charge in [0, 0.05) is 40.0 Å². The summed E-state index contributed by atoms with van der Waals surface area (Å²) in [7, 11) is -3.73. The molecule has 2 saturated heterocycles. The molecule has 2 fully saturated rings. The largest absolute Gasteiger partial charge is 0.462 e. The highest BCUT2D eigenvalue weighted by Gasteiger charge is 2.38. The zero-order chi connectivity index (χ0) is 41.0. The van der Waals surface area contributed by atoms with E-state index in [1.54, 1.807) is 29.2 Å². The Bertz CT molecular complexity index is 1680. The molecule has 2 heterocycles. The fraction of sp³-hybridized carbons (Fsp3) is 0.639. The lowest BCUT2D eigenvalue weighted by molar-refractivity contribution is -0.147. The van der Waals surface area contributed by atoms with E-state index in [0.717, 1.165) is 11.8 Å². The molecule has 3 N–H and O–H groups in total. The second-order valence-corrected chi connectivity index (χ2v) is 16.7. The molecule has 0 aliphatic carbocycles. The fourth-order valence-corrected chi connectivity index (χ4v) is 6.70. The molecule has 3 rings (SSSR count). The monoisotopic (exact) mass is 794 g/mol. The van der Waals surface area contributed by atoms with Gasteiger partial charge in [-0.2, -0.15) is 0 Å². The van der Waals surface area contributed by atoms with E-state index in [9.17, 15) is 37.2 Å². The quantitative estimate of drug-likeness (QED) is 0.106. The molecule has 19 heteroatoms. The number of nitrogens with zero attached hydrogens (tertiary/aromatic N) is 3. The number of amides is 4. The normalized spacial score (nSPS) is 17.5. The Morgan fingerprint density at radius 2 is 1.45 bits per heavy atom. The highest BCUT2D eigenvalue weighted by molar-refractivity contribution is 7.88. The minimum Gasteiger partial charge on any atom is -0.462 e. The van der Waals surface area contributed by atoms with E-state index < -0.39 is 63.3 Å². The van der Waals surface area contributed by atoms with Crippen molar-refractivity contribution < 1.29 is 56.1 Å². The Hall–Kier alpha value is -4.78. The molecule has 0 aromatic heterocycles. The van der Waals surface area contributed by atoms with Gasteiger partial charge >= 0.3 is 24.1 Å². The van der Waals surface area contributed by atoms with Gasteiger partial charge in [0.05, 0.1) is 6.26 Å². The van der Waals surface area contributed by atoms with Crippen LogP contribution in [0.5, 0.6) is 0 Å². The van der Waals surface area contributed by atoms with Gasteiger partial charge in [0.2, 0.25) is 27.8 Å². The van der Waals surface area contributed by atoms with E-state index in [0.29, 0.717) is 51.9 Å². The number of carbonyl (C=O) groups is 6. The number of ether oxygens (including phenoxy) is 4. The van der Waals surface area contributed by atoms with Crippen molar-refractivity contribution in [3.8, 4) is 0 Å². The van der Waals surface area contributed by atoms with Gasteiger partial charge in [-0.15, -0.1) is 4.99 Å². The first-order valence-electron chi connectivity index (χ1n) is 18.1. The zero-order valence-corrected chi connectivity index (χ0v) is 33.4. The third kappa shape index (κ3) is 15.8. The lowest BCUT2D eigenvalue weighted by Crippen LogP contribution is -2.54. The van der Waals surface area contributed by atoms with Crippen LogP contribution in [0.2, 0.25) is 0 Å². The Morgan fingerprint density at radius 1 is 0.873 bits per heavy atom.